The SMILES string of the molecule is O=C(O)CCCC(=O)Nc1ccc(-c2nnco2)cc1. The fourth-order valence-electron chi connectivity index (χ4n) is 1.62. The highest BCUT2D eigenvalue weighted by atomic mass is 16.4. The van der Waals surface area contributed by atoms with E-state index in [9.17, 15) is 9.59 Å². The Morgan fingerprint density at radius 2 is 1.95 bits per heavy atom. The molecule has 2 rings (SSSR count). The Morgan fingerprint density at radius 3 is 2.55 bits per heavy atom. The highest BCUT2D eigenvalue weighted by molar-refractivity contribution is 5.91. The summed E-state index contributed by atoms with van der Waals surface area (Å²) in [7, 11) is 0. The fraction of sp³-hybridized carbons (Fsp3) is 0.231. The lowest BCUT2D eigenvalue weighted by atomic mass is 10.2. The topological polar surface area (TPSA) is 105 Å². The predicted molar refractivity (Wildman–Crippen MR) is 69.9 cm³/mol. The first-order valence-corrected chi connectivity index (χ1v) is 6.03. The normalized spacial score (nSPS) is 10.2. The molecule has 0 saturated heterocycles. The molecule has 0 aliphatic rings. The van der Waals surface area contributed by atoms with Gasteiger partial charge in [-0.25, -0.2) is 0 Å². The number of nitrogens with one attached hydrogen (secondary N) is 1. The molecule has 0 unspecified atom stereocenters. The number of benzene rings is 1. The number of carboxylic acid groups (broad SMARTS) is 1. The number of aliphatic carboxylic acids is 1. The number of amides is 1. The van der Waals surface area contributed by atoms with Crippen LogP contribution in [0.1, 0.15) is 19.3 Å². The average Bonchev–Trinajstić information content (AvgIpc) is 2.93. The molecule has 2 N–H and O–H groups in total. The molecule has 1 aromatic heterocycles. The van der Waals surface area contributed by atoms with Crippen LogP contribution in [-0.4, -0.2) is 27.2 Å². The van der Waals surface area contributed by atoms with Crippen molar-refractivity contribution in [1.82, 2.24) is 10.2 Å². The first-order valence-electron chi connectivity index (χ1n) is 6.03. The van der Waals surface area contributed by atoms with E-state index < -0.39 is 5.97 Å². The molecule has 0 aliphatic carbocycles. The molecule has 0 fully saturated rings. The molecule has 104 valence electrons. The summed E-state index contributed by atoms with van der Waals surface area (Å²) in [5.74, 6) is -0.706. The van der Waals surface area contributed by atoms with E-state index in [1.54, 1.807) is 24.3 Å². The monoisotopic (exact) mass is 275 g/mol. The van der Waals surface area contributed by atoms with Gasteiger partial charge in [-0.1, -0.05) is 0 Å². The fourth-order valence-corrected chi connectivity index (χ4v) is 1.62. The number of anilines is 1. The summed E-state index contributed by atoms with van der Waals surface area (Å²) >= 11 is 0. The van der Waals surface area contributed by atoms with Crippen molar-refractivity contribution >= 4 is 17.6 Å². The van der Waals surface area contributed by atoms with Gasteiger partial charge in [0.15, 0.2) is 0 Å². The maximum atomic E-state index is 11.6. The van der Waals surface area contributed by atoms with Crippen LogP contribution in [0.5, 0.6) is 0 Å². The van der Waals surface area contributed by atoms with Crippen LogP contribution in [0, 0.1) is 0 Å². The quantitative estimate of drug-likeness (QED) is 0.834. The van der Waals surface area contributed by atoms with Gasteiger partial charge in [-0.05, 0) is 30.7 Å². The van der Waals surface area contributed by atoms with Crippen LogP contribution in [0.15, 0.2) is 35.1 Å². The summed E-state index contributed by atoms with van der Waals surface area (Å²) < 4.78 is 5.05. The number of carbonyl (C=O) groups is 2. The van der Waals surface area contributed by atoms with Crippen molar-refractivity contribution in [3.8, 4) is 11.5 Å². The maximum absolute atomic E-state index is 11.6. The van der Waals surface area contributed by atoms with Crippen molar-refractivity contribution in [3.63, 3.8) is 0 Å². The number of hydrogen-bond acceptors (Lipinski definition) is 5. The molecule has 0 radical (unpaired) electrons. The summed E-state index contributed by atoms with van der Waals surface area (Å²) in [6.45, 7) is 0. The van der Waals surface area contributed by atoms with Gasteiger partial charge in [0.05, 0.1) is 0 Å². The maximum Gasteiger partial charge on any atom is 0.303 e. The van der Waals surface area contributed by atoms with Gasteiger partial charge in [-0.3, -0.25) is 9.59 Å². The lowest BCUT2D eigenvalue weighted by molar-refractivity contribution is -0.137. The molecule has 7 heteroatoms. The minimum Gasteiger partial charge on any atom is -0.481 e. The largest absolute Gasteiger partial charge is 0.481 e. The summed E-state index contributed by atoms with van der Waals surface area (Å²) in [4.78, 5) is 21.9. The molecule has 1 aromatic carbocycles. The van der Waals surface area contributed by atoms with Crippen LogP contribution >= 0.6 is 0 Å². The van der Waals surface area contributed by atoms with Gasteiger partial charge < -0.3 is 14.8 Å². The van der Waals surface area contributed by atoms with Gasteiger partial charge in [-0.2, -0.15) is 0 Å². The van der Waals surface area contributed by atoms with Gasteiger partial charge in [0.1, 0.15) is 0 Å². The molecule has 0 spiro atoms. The standard InChI is InChI=1S/C13H13N3O4/c17-11(2-1-3-12(18)19)15-10-6-4-9(5-7-10)13-16-14-8-20-13/h4-8H,1-3H2,(H,15,17)(H,18,19). The Labute approximate surface area is 114 Å². The zero-order valence-corrected chi connectivity index (χ0v) is 10.6. The van der Waals surface area contributed by atoms with Crippen LogP contribution in [-0.2, 0) is 9.59 Å². The first kappa shape index (κ1) is 13.7. The van der Waals surface area contributed by atoms with E-state index in [1.807, 2.05) is 0 Å². The highest BCUT2D eigenvalue weighted by Crippen LogP contribution is 2.19. The summed E-state index contributed by atoms with van der Waals surface area (Å²) in [6, 6.07) is 6.93. The Bertz CT molecular complexity index is 578. The second-order valence-electron chi connectivity index (χ2n) is 4.12. The van der Waals surface area contributed by atoms with Crippen molar-refractivity contribution in [2.45, 2.75) is 19.3 Å². The van der Waals surface area contributed by atoms with E-state index in [1.165, 1.54) is 6.39 Å². The second kappa shape index (κ2) is 6.46. The van der Waals surface area contributed by atoms with Gasteiger partial charge in [0.2, 0.25) is 18.2 Å². The molecule has 1 amide bonds. The summed E-state index contributed by atoms with van der Waals surface area (Å²) in [6.07, 6.45) is 1.73. The van der Waals surface area contributed by atoms with E-state index in [0.29, 0.717) is 18.0 Å². The molecule has 0 saturated carbocycles. The minimum atomic E-state index is -0.901. The number of carboxylic acids is 1. The van der Waals surface area contributed by atoms with Gasteiger partial charge in [0, 0.05) is 24.1 Å². The summed E-state index contributed by atoms with van der Waals surface area (Å²) in [5, 5.41) is 18.5. The smallest absolute Gasteiger partial charge is 0.303 e. The zero-order chi connectivity index (χ0) is 14.4. The lowest BCUT2D eigenvalue weighted by Crippen LogP contribution is -2.11. The highest BCUT2D eigenvalue weighted by Gasteiger charge is 2.06. The van der Waals surface area contributed by atoms with E-state index in [4.69, 9.17) is 9.52 Å². The molecule has 0 aliphatic heterocycles. The van der Waals surface area contributed by atoms with Crippen molar-refractivity contribution in [2.75, 3.05) is 5.32 Å². The third-order valence-electron chi connectivity index (χ3n) is 2.57. The third-order valence-corrected chi connectivity index (χ3v) is 2.57. The Morgan fingerprint density at radius 1 is 1.20 bits per heavy atom. The van der Waals surface area contributed by atoms with E-state index >= 15 is 0 Å². The van der Waals surface area contributed by atoms with Crippen LogP contribution in [0.3, 0.4) is 0 Å². The Hall–Kier alpha value is -2.70. The lowest BCUT2D eigenvalue weighted by Gasteiger charge is -2.05. The van der Waals surface area contributed by atoms with Gasteiger partial charge in [0.25, 0.3) is 0 Å². The average molecular weight is 275 g/mol. The molecule has 20 heavy (non-hydrogen) atoms. The number of hydrogen-bond donors (Lipinski definition) is 2. The van der Waals surface area contributed by atoms with Crippen molar-refractivity contribution in [2.24, 2.45) is 0 Å². The minimum absolute atomic E-state index is 0.0104. The Balaban J connectivity index is 1.87. The van der Waals surface area contributed by atoms with Crippen molar-refractivity contribution < 1.29 is 19.1 Å². The third kappa shape index (κ3) is 3.91. The number of aromatic nitrogens is 2. The van der Waals surface area contributed by atoms with Crippen molar-refractivity contribution in [3.05, 3.63) is 30.7 Å². The molecule has 7 nitrogen and oxygen atoms in total. The van der Waals surface area contributed by atoms with E-state index in [2.05, 4.69) is 15.5 Å². The van der Waals surface area contributed by atoms with Crippen molar-refractivity contribution in [1.29, 1.82) is 0 Å². The van der Waals surface area contributed by atoms with E-state index in [0.717, 1.165) is 5.56 Å². The molecular formula is C13H13N3O4. The van der Waals surface area contributed by atoms with E-state index in [-0.39, 0.29) is 18.7 Å². The Kier molecular flexibility index (Phi) is 4.43. The number of nitrogens with zero attached hydrogens (tertiary/aromatic N) is 2. The molecule has 0 bridgehead atoms. The molecular weight excluding hydrogens is 262 g/mol. The number of carbonyl (C=O) groups excluding carboxylic acids is 1. The number of rotatable bonds is 6. The van der Waals surface area contributed by atoms with Gasteiger partial charge >= 0.3 is 5.97 Å². The first-order chi connectivity index (χ1) is 9.65. The molecule has 0 atom stereocenters. The molecule has 1 heterocycles. The van der Waals surface area contributed by atoms with Crippen LogP contribution < -0.4 is 5.32 Å². The van der Waals surface area contributed by atoms with Crippen LogP contribution in [0.25, 0.3) is 11.5 Å². The summed E-state index contributed by atoms with van der Waals surface area (Å²) in [5.41, 5.74) is 1.39. The van der Waals surface area contributed by atoms with Crippen LogP contribution in [0.2, 0.25) is 0 Å². The van der Waals surface area contributed by atoms with Crippen LogP contribution in [0.4, 0.5) is 5.69 Å². The predicted octanol–water partition coefficient (Wildman–Crippen LogP) is 1.93. The zero-order valence-electron chi connectivity index (χ0n) is 10.6. The second-order valence-corrected chi connectivity index (χ2v) is 4.12. The molecule has 2 aromatic rings. The van der Waals surface area contributed by atoms with Gasteiger partial charge in [-0.15, -0.1) is 10.2 Å².